The minimum absolute atomic E-state index is 0.0717. The molecule has 1 aliphatic heterocycles. The van der Waals surface area contributed by atoms with E-state index in [9.17, 15) is 9.59 Å². The molecular weight excluding hydrogens is 454 g/mol. The molecule has 0 bridgehead atoms. The van der Waals surface area contributed by atoms with E-state index in [-0.39, 0.29) is 17.9 Å². The number of unbranched alkanes of at least 4 members (excludes halogenated alkanes) is 1. The van der Waals surface area contributed by atoms with Crippen molar-refractivity contribution in [3.63, 3.8) is 0 Å². The van der Waals surface area contributed by atoms with E-state index in [1.807, 2.05) is 30.3 Å². The van der Waals surface area contributed by atoms with Crippen molar-refractivity contribution in [1.29, 1.82) is 0 Å². The molecule has 36 heavy (non-hydrogen) atoms. The quantitative estimate of drug-likeness (QED) is 0.254. The van der Waals surface area contributed by atoms with Crippen LogP contribution < -0.4 is 15.6 Å². The predicted molar refractivity (Wildman–Crippen MR) is 145 cm³/mol. The van der Waals surface area contributed by atoms with E-state index < -0.39 is 0 Å². The van der Waals surface area contributed by atoms with Crippen LogP contribution in [0.2, 0.25) is 0 Å². The van der Waals surface area contributed by atoms with Crippen LogP contribution in [0.3, 0.4) is 0 Å². The summed E-state index contributed by atoms with van der Waals surface area (Å²) in [5, 5.41) is 7.17. The Labute approximate surface area is 214 Å². The fourth-order valence-electron chi connectivity index (χ4n) is 4.33. The summed E-state index contributed by atoms with van der Waals surface area (Å²) in [6, 6.07) is 17.1. The van der Waals surface area contributed by atoms with Gasteiger partial charge in [0.15, 0.2) is 0 Å². The van der Waals surface area contributed by atoms with Crippen molar-refractivity contribution in [2.75, 3.05) is 50.8 Å². The number of morpholine rings is 1. The number of hydrogen-bond acceptors (Lipinski definition) is 6. The molecule has 1 aliphatic rings. The molecular formula is C28H39N5O3. The van der Waals surface area contributed by atoms with Gasteiger partial charge >= 0.3 is 0 Å². The van der Waals surface area contributed by atoms with Crippen molar-refractivity contribution in [1.82, 2.24) is 15.6 Å². The zero-order valence-electron chi connectivity index (χ0n) is 21.5. The number of hydrogen-bond donors (Lipinski definition) is 2. The van der Waals surface area contributed by atoms with Crippen LogP contribution in [0, 0.1) is 0 Å². The normalized spacial score (nSPS) is 14.9. The van der Waals surface area contributed by atoms with Crippen molar-refractivity contribution in [3.05, 3.63) is 65.7 Å². The maximum absolute atomic E-state index is 13.0. The zero-order chi connectivity index (χ0) is 25.6. The first-order chi connectivity index (χ1) is 17.6. The number of ether oxygens (including phenoxy) is 1. The van der Waals surface area contributed by atoms with E-state index >= 15 is 0 Å². The first kappa shape index (κ1) is 27.4. The lowest BCUT2D eigenvalue weighted by atomic mass is 10.1. The first-order valence-electron chi connectivity index (χ1n) is 12.9. The average molecular weight is 494 g/mol. The summed E-state index contributed by atoms with van der Waals surface area (Å²) in [4.78, 5) is 29.7. The number of carbonyl (C=O) groups is 2. The van der Waals surface area contributed by atoms with Crippen molar-refractivity contribution in [2.24, 2.45) is 5.10 Å². The monoisotopic (exact) mass is 493 g/mol. The molecule has 1 heterocycles. The third kappa shape index (κ3) is 8.46. The molecule has 2 aromatic rings. The van der Waals surface area contributed by atoms with E-state index in [4.69, 9.17) is 4.74 Å². The van der Waals surface area contributed by atoms with Crippen molar-refractivity contribution in [3.8, 4) is 0 Å². The molecule has 0 aromatic heterocycles. The first-order valence-corrected chi connectivity index (χ1v) is 12.9. The molecule has 0 aliphatic carbocycles. The van der Waals surface area contributed by atoms with Gasteiger partial charge in [-0.05, 0) is 62.9 Å². The van der Waals surface area contributed by atoms with Crippen LogP contribution in [0.1, 0.15) is 49.0 Å². The molecule has 1 fully saturated rings. The summed E-state index contributed by atoms with van der Waals surface area (Å²) < 4.78 is 5.47. The molecule has 2 aromatic carbocycles. The van der Waals surface area contributed by atoms with Gasteiger partial charge in [-0.3, -0.25) is 14.5 Å². The van der Waals surface area contributed by atoms with Gasteiger partial charge in [0.2, 0.25) is 0 Å². The Morgan fingerprint density at radius 2 is 1.72 bits per heavy atom. The van der Waals surface area contributed by atoms with Gasteiger partial charge in [-0.25, -0.2) is 5.43 Å². The Bertz CT molecular complexity index is 955. The molecule has 0 radical (unpaired) electrons. The Morgan fingerprint density at radius 3 is 2.39 bits per heavy atom. The summed E-state index contributed by atoms with van der Waals surface area (Å²) in [5.74, 6) is -0.182. The van der Waals surface area contributed by atoms with E-state index in [0.717, 1.165) is 44.6 Å². The van der Waals surface area contributed by atoms with Crippen LogP contribution in [0.5, 0.6) is 0 Å². The van der Waals surface area contributed by atoms with Crippen LogP contribution in [-0.4, -0.2) is 74.9 Å². The SMILES string of the molecule is CCN(CC)c1ccc(C=NNC(=O)C(CCCCNC(=O)c2ccccc2)N2CCOCC2)cc1. The number of nitrogens with zero attached hydrogens (tertiary/aromatic N) is 3. The summed E-state index contributed by atoms with van der Waals surface area (Å²) >= 11 is 0. The molecule has 0 saturated carbocycles. The van der Waals surface area contributed by atoms with Gasteiger partial charge in [-0.2, -0.15) is 5.10 Å². The summed E-state index contributed by atoms with van der Waals surface area (Å²) in [6.45, 7) is 9.47. The smallest absolute Gasteiger partial charge is 0.257 e. The highest BCUT2D eigenvalue weighted by molar-refractivity contribution is 5.94. The van der Waals surface area contributed by atoms with E-state index in [2.05, 4.69) is 51.6 Å². The second-order valence-electron chi connectivity index (χ2n) is 8.78. The van der Waals surface area contributed by atoms with Crippen LogP contribution in [0.15, 0.2) is 59.7 Å². The summed E-state index contributed by atoms with van der Waals surface area (Å²) in [7, 11) is 0. The van der Waals surface area contributed by atoms with E-state index in [1.165, 1.54) is 5.69 Å². The van der Waals surface area contributed by atoms with Gasteiger partial charge in [-0.1, -0.05) is 30.3 Å². The summed E-state index contributed by atoms with van der Waals surface area (Å²) in [6.07, 6.45) is 4.00. The Balaban J connectivity index is 1.48. The second kappa shape index (κ2) is 15.0. The van der Waals surface area contributed by atoms with Crippen molar-refractivity contribution < 1.29 is 14.3 Å². The molecule has 194 valence electrons. The molecule has 8 heteroatoms. The number of benzene rings is 2. The predicted octanol–water partition coefficient (Wildman–Crippen LogP) is 3.28. The van der Waals surface area contributed by atoms with Gasteiger partial charge in [0.05, 0.1) is 25.5 Å². The van der Waals surface area contributed by atoms with Crippen LogP contribution in [0.25, 0.3) is 0 Å². The number of nitrogens with one attached hydrogen (secondary N) is 2. The number of rotatable bonds is 13. The number of hydrazone groups is 1. The molecule has 1 unspecified atom stereocenters. The van der Waals surface area contributed by atoms with Gasteiger partial charge in [0.1, 0.15) is 0 Å². The second-order valence-corrected chi connectivity index (χ2v) is 8.78. The van der Waals surface area contributed by atoms with Gasteiger partial charge in [0.25, 0.3) is 11.8 Å². The molecule has 1 saturated heterocycles. The fraction of sp³-hybridized carbons (Fsp3) is 0.464. The summed E-state index contributed by atoms with van der Waals surface area (Å²) in [5.41, 5.74) is 5.50. The number of carbonyl (C=O) groups excluding carboxylic acids is 2. The van der Waals surface area contributed by atoms with Crippen molar-refractivity contribution >= 4 is 23.7 Å². The van der Waals surface area contributed by atoms with Crippen molar-refractivity contribution in [2.45, 2.75) is 39.2 Å². The Kier molecular flexibility index (Phi) is 11.4. The van der Waals surface area contributed by atoms with Crippen LogP contribution in [-0.2, 0) is 9.53 Å². The highest BCUT2D eigenvalue weighted by Gasteiger charge is 2.26. The molecule has 2 N–H and O–H groups in total. The van der Waals surface area contributed by atoms with Crippen LogP contribution in [0.4, 0.5) is 5.69 Å². The molecule has 2 amide bonds. The number of anilines is 1. The third-order valence-corrected chi connectivity index (χ3v) is 6.43. The minimum Gasteiger partial charge on any atom is -0.379 e. The fourth-order valence-corrected chi connectivity index (χ4v) is 4.33. The molecule has 1 atom stereocenters. The maximum Gasteiger partial charge on any atom is 0.257 e. The zero-order valence-corrected chi connectivity index (χ0v) is 21.5. The highest BCUT2D eigenvalue weighted by Crippen LogP contribution is 2.14. The number of amides is 2. The third-order valence-electron chi connectivity index (χ3n) is 6.43. The minimum atomic E-state index is -0.277. The van der Waals surface area contributed by atoms with Gasteiger partial charge in [0, 0.05) is 44.0 Å². The van der Waals surface area contributed by atoms with Gasteiger partial charge < -0.3 is 15.0 Å². The lowest BCUT2D eigenvalue weighted by molar-refractivity contribution is -0.128. The highest BCUT2D eigenvalue weighted by atomic mass is 16.5. The van der Waals surface area contributed by atoms with E-state index in [1.54, 1.807) is 18.3 Å². The van der Waals surface area contributed by atoms with E-state index in [0.29, 0.717) is 31.7 Å². The Morgan fingerprint density at radius 1 is 1.03 bits per heavy atom. The lowest BCUT2D eigenvalue weighted by Gasteiger charge is -2.33. The lowest BCUT2D eigenvalue weighted by Crippen LogP contribution is -2.50. The largest absolute Gasteiger partial charge is 0.379 e. The maximum atomic E-state index is 13.0. The van der Waals surface area contributed by atoms with Gasteiger partial charge in [-0.15, -0.1) is 0 Å². The van der Waals surface area contributed by atoms with Crippen LogP contribution >= 0.6 is 0 Å². The molecule has 8 nitrogen and oxygen atoms in total. The Hall–Kier alpha value is -3.23. The molecule has 0 spiro atoms. The average Bonchev–Trinajstić information content (AvgIpc) is 2.93. The standard InChI is InChI=1S/C28H39N5O3/c1-3-32(4-2)25-15-13-23(14-16-25)22-30-31-28(35)26(33-18-20-36-21-19-33)12-8-9-17-29-27(34)24-10-6-5-7-11-24/h5-7,10-11,13-16,22,26H,3-4,8-9,12,17-21H2,1-2H3,(H,29,34)(H,31,35). The topological polar surface area (TPSA) is 86.3 Å². The molecule has 3 rings (SSSR count).